The largest absolute Gasteiger partial charge is 0.328 e. The highest BCUT2D eigenvalue weighted by atomic mass is 32.1. The maximum atomic E-state index is 12.8. The molecule has 100 valence electrons. The summed E-state index contributed by atoms with van der Waals surface area (Å²) < 4.78 is 12.8. The molecule has 1 aromatic heterocycles. The van der Waals surface area contributed by atoms with Gasteiger partial charge < -0.3 is 5.32 Å². The Morgan fingerprint density at radius 1 is 1.42 bits per heavy atom. The molecular formula is C12H13FN4OS. The van der Waals surface area contributed by atoms with Crippen LogP contribution in [0.15, 0.2) is 29.8 Å². The normalized spacial score (nSPS) is 10.2. The predicted octanol–water partition coefficient (Wildman–Crippen LogP) is 3.13. The molecule has 7 heteroatoms. The van der Waals surface area contributed by atoms with Gasteiger partial charge in [-0.15, -0.1) is 10.2 Å². The topological polar surface area (TPSA) is 58.1 Å². The van der Waals surface area contributed by atoms with Crippen LogP contribution in [-0.4, -0.2) is 22.8 Å². The molecule has 0 unspecified atom stereocenters. The lowest BCUT2D eigenvalue weighted by Gasteiger charge is -2.19. The Balaban J connectivity index is 2.09. The molecule has 2 amide bonds. The molecule has 1 N–H and O–H groups in total. The third kappa shape index (κ3) is 3.47. The molecule has 0 spiro atoms. The van der Waals surface area contributed by atoms with Crippen molar-refractivity contribution in [1.29, 1.82) is 0 Å². The van der Waals surface area contributed by atoms with Crippen molar-refractivity contribution >= 4 is 28.2 Å². The molecule has 0 atom stereocenters. The summed E-state index contributed by atoms with van der Waals surface area (Å²) in [6, 6.07) is 5.31. The SMILES string of the molecule is CCCN(C(=O)Nc1ccc(F)cc1)c1nncs1. The highest BCUT2D eigenvalue weighted by molar-refractivity contribution is 7.13. The van der Waals surface area contributed by atoms with Crippen molar-refractivity contribution in [3.8, 4) is 0 Å². The van der Waals surface area contributed by atoms with Crippen LogP contribution in [0.1, 0.15) is 13.3 Å². The molecule has 0 saturated carbocycles. The van der Waals surface area contributed by atoms with E-state index < -0.39 is 0 Å². The van der Waals surface area contributed by atoms with Crippen LogP contribution < -0.4 is 10.2 Å². The Morgan fingerprint density at radius 3 is 2.74 bits per heavy atom. The molecule has 0 fully saturated rings. The van der Waals surface area contributed by atoms with Gasteiger partial charge >= 0.3 is 6.03 Å². The highest BCUT2D eigenvalue weighted by Gasteiger charge is 2.17. The zero-order valence-corrected chi connectivity index (χ0v) is 11.2. The standard InChI is InChI=1S/C12H13FN4OS/c1-2-7-17(12-16-14-8-19-12)11(18)15-10-5-3-9(13)4-6-10/h3-6,8H,2,7H2,1H3,(H,15,18). The third-order valence-electron chi connectivity index (χ3n) is 2.37. The molecule has 0 aliphatic carbocycles. The first-order chi connectivity index (χ1) is 9.20. The lowest BCUT2D eigenvalue weighted by Crippen LogP contribution is -2.35. The maximum Gasteiger partial charge on any atom is 0.328 e. The Labute approximate surface area is 114 Å². The van der Waals surface area contributed by atoms with E-state index in [-0.39, 0.29) is 11.8 Å². The van der Waals surface area contributed by atoms with Crippen molar-refractivity contribution in [1.82, 2.24) is 10.2 Å². The van der Waals surface area contributed by atoms with Crippen molar-refractivity contribution in [2.45, 2.75) is 13.3 Å². The van der Waals surface area contributed by atoms with Gasteiger partial charge in [-0.3, -0.25) is 4.90 Å². The summed E-state index contributed by atoms with van der Waals surface area (Å²) in [7, 11) is 0. The fourth-order valence-corrected chi connectivity index (χ4v) is 2.10. The van der Waals surface area contributed by atoms with Gasteiger partial charge in [0, 0.05) is 12.2 Å². The fourth-order valence-electron chi connectivity index (χ4n) is 1.52. The number of rotatable bonds is 4. The average Bonchev–Trinajstić information content (AvgIpc) is 2.92. The Kier molecular flexibility index (Phi) is 4.40. The summed E-state index contributed by atoms with van der Waals surface area (Å²) in [5, 5.41) is 10.9. The van der Waals surface area contributed by atoms with Gasteiger partial charge in [0.15, 0.2) is 0 Å². The van der Waals surface area contributed by atoms with Crippen molar-refractivity contribution in [2.24, 2.45) is 0 Å². The zero-order valence-electron chi connectivity index (χ0n) is 10.3. The molecule has 5 nitrogen and oxygen atoms in total. The number of nitrogens with one attached hydrogen (secondary N) is 1. The number of hydrogen-bond donors (Lipinski definition) is 1. The molecule has 1 aromatic carbocycles. The number of carbonyl (C=O) groups excluding carboxylic acids is 1. The molecular weight excluding hydrogens is 267 g/mol. The second kappa shape index (κ2) is 6.24. The summed E-state index contributed by atoms with van der Waals surface area (Å²) in [5.41, 5.74) is 2.11. The highest BCUT2D eigenvalue weighted by Crippen LogP contribution is 2.18. The Morgan fingerprint density at radius 2 is 2.16 bits per heavy atom. The lowest BCUT2D eigenvalue weighted by atomic mass is 10.3. The quantitative estimate of drug-likeness (QED) is 0.936. The first-order valence-electron chi connectivity index (χ1n) is 5.81. The summed E-state index contributed by atoms with van der Waals surface area (Å²) in [6.07, 6.45) is 0.802. The van der Waals surface area contributed by atoms with E-state index in [2.05, 4.69) is 15.5 Å². The van der Waals surface area contributed by atoms with Crippen LogP contribution in [0.25, 0.3) is 0 Å². The Hall–Kier alpha value is -2.02. The number of amides is 2. The monoisotopic (exact) mass is 280 g/mol. The minimum Gasteiger partial charge on any atom is -0.307 e. The maximum absolute atomic E-state index is 12.8. The molecule has 0 saturated heterocycles. The van der Waals surface area contributed by atoms with Crippen molar-refractivity contribution in [3.05, 3.63) is 35.6 Å². The van der Waals surface area contributed by atoms with Crippen LogP contribution >= 0.6 is 11.3 Å². The minimum atomic E-state index is -0.340. The van der Waals surface area contributed by atoms with E-state index >= 15 is 0 Å². The van der Waals surface area contributed by atoms with Crippen molar-refractivity contribution in [3.63, 3.8) is 0 Å². The van der Waals surface area contributed by atoms with Crippen molar-refractivity contribution < 1.29 is 9.18 Å². The number of urea groups is 1. The fraction of sp³-hybridized carbons (Fsp3) is 0.250. The van der Waals surface area contributed by atoms with Gasteiger partial charge in [0.25, 0.3) is 0 Å². The molecule has 0 aliphatic rings. The van der Waals surface area contributed by atoms with Gasteiger partial charge in [-0.25, -0.2) is 9.18 Å². The lowest BCUT2D eigenvalue weighted by molar-refractivity contribution is 0.257. The van der Waals surface area contributed by atoms with Crippen LogP contribution in [0.4, 0.5) is 20.0 Å². The average molecular weight is 280 g/mol. The van der Waals surface area contributed by atoms with Crippen LogP contribution in [0.2, 0.25) is 0 Å². The van der Waals surface area contributed by atoms with Gasteiger partial charge in [-0.05, 0) is 30.7 Å². The first kappa shape index (κ1) is 13.4. The summed E-state index contributed by atoms with van der Waals surface area (Å²) >= 11 is 1.30. The first-order valence-corrected chi connectivity index (χ1v) is 6.69. The second-order valence-electron chi connectivity index (χ2n) is 3.81. The second-order valence-corrected chi connectivity index (χ2v) is 4.62. The van der Waals surface area contributed by atoms with Gasteiger partial charge in [-0.1, -0.05) is 18.3 Å². The van der Waals surface area contributed by atoms with Gasteiger partial charge in [0.2, 0.25) is 5.13 Å². The molecule has 2 aromatic rings. The zero-order chi connectivity index (χ0) is 13.7. The number of hydrogen-bond acceptors (Lipinski definition) is 4. The van der Waals surface area contributed by atoms with Crippen LogP contribution in [-0.2, 0) is 0 Å². The molecule has 0 aliphatic heterocycles. The summed E-state index contributed by atoms with van der Waals surface area (Å²) in [5.74, 6) is -0.340. The van der Waals surface area contributed by atoms with Crippen LogP contribution in [0.5, 0.6) is 0 Å². The van der Waals surface area contributed by atoms with Crippen LogP contribution in [0.3, 0.4) is 0 Å². The van der Waals surface area contributed by atoms with E-state index in [1.165, 1.54) is 40.5 Å². The summed E-state index contributed by atoms with van der Waals surface area (Å²) in [4.78, 5) is 13.7. The minimum absolute atomic E-state index is 0.301. The van der Waals surface area contributed by atoms with Gasteiger partial charge in [0.1, 0.15) is 11.3 Å². The molecule has 2 rings (SSSR count). The van der Waals surface area contributed by atoms with E-state index in [4.69, 9.17) is 0 Å². The van der Waals surface area contributed by atoms with E-state index in [0.29, 0.717) is 17.4 Å². The number of nitrogens with zero attached hydrogens (tertiary/aromatic N) is 3. The molecule has 0 bridgehead atoms. The number of benzene rings is 1. The van der Waals surface area contributed by atoms with E-state index in [9.17, 15) is 9.18 Å². The van der Waals surface area contributed by atoms with E-state index in [1.54, 1.807) is 5.51 Å². The predicted molar refractivity (Wildman–Crippen MR) is 73.0 cm³/mol. The van der Waals surface area contributed by atoms with Crippen molar-refractivity contribution in [2.75, 3.05) is 16.8 Å². The number of carbonyl (C=O) groups is 1. The van der Waals surface area contributed by atoms with Gasteiger partial charge in [0.05, 0.1) is 0 Å². The van der Waals surface area contributed by atoms with Gasteiger partial charge in [-0.2, -0.15) is 0 Å². The molecule has 19 heavy (non-hydrogen) atoms. The van der Waals surface area contributed by atoms with E-state index in [1.807, 2.05) is 6.92 Å². The van der Waals surface area contributed by atoms with E-state index in [0.717, 1.165) is 6.42 Å². The Bertz CT molecular complexity index is 529. The summed E-state index contributed by atoms with van der Waals surface area (Å²) in [6.45, 7) is 2.52. The molecule has 1 heterocycles. The smallest absolute Gasteiger partial charge is 0.307 e. The molecule has 0 radical (unpaired) electrons. The third-order valence-corrected chi connectivity index (χ3v) is 3.08. The number of anilines is 2. The van der Waals surface area contributed by atoms with Crippen LogP contribution in [0, 0.1) is 5.82 Å². The number of halogens is 1. The number of aromatic nitrogens is 2.